The Balaban J connectivity index is 2.13. The fourth-order valence-corrected chi connectivity index (χ4v) is 2.71. The smallest absolute Gasteiger partial charge is 0.161 e. The van der Waals surface area contributed by atoms with Gasteiger partial charge in [0, 0.05) is 5.92 Å². The summed E-state index contributed by atoms with van der Waals surface area (Å²) in [5.41, 5.74) is 8.41. The van der Waals surface area contributed by atoms with Crippen molar-refractivity contribution in [3.63, 3.8) is 0 Å². The molecule has 1 atom stereocenters. The lowest BCUT2D eigenvalue weighted by atomic mass is 9.92. The highest BCUT2D eigenvalue weighted by Crippen LogP contribution is 2.31. The van der Waals surface area contributed by atoms with Gasteiger partial charge in [0.2, 0.25) is 0 Å². The first-order valence-corrected chi connectivity index (χ1v) is 8.71. The molecule has 0 heterocycles. The van der Waals surface area contributed by atoms with E-state index in [-0.39, 0.29) is 5.92 Å². The zero-order valence-corrected chi connectivity index (χ0v) is 15.6. The van der Waals surface area contributed by atoms with Crippen LogP contribution in [0.5, 0.6) is 17.2 Å². The van der Waals surface area contributed by atoms with Gasteiger partial charge in [-0.05, 0) is 54.3 Å². The van der Waals surface area contributed by atoms with E-state index in [1.165, 1.54) is 11.1 Å². The van der Waals surface area contributed by atoms with Crippen LogP contribution in [0, 0.1) is 5.92 Å². The summed E-state index contributed by atoms with van der Waals surface area (Å²) in [6.07, 6.45) is 0.851. The third-order valence-electron chi connectivity index (χ3n) is 4.15. The molecule has 0 aliphatic rings. The van der Waals surface area contributed by atoms with Gasteiger partial charge in [0.25, 0.3) is 0 Å². The minimum atomic E-state index is 0.248. The predicted octanol–water partition coefficient (Wildman–Crippen LogP) is 4.02. The molecule has 0 fully saturated rings. The summed E-state index contributed by atoms with van der Waals surface area (Å²) in [6.45, 7) is 5.51. The van der Waals surface area contributed by atoms with Crippen LogP contribution in [0.15, 0.2) is 42.5 Å². The molecule has 0 spiro atoms. The second kappa shape index (κ2) is 9.33. The van der Waals surface area contributed by atoms with Gasteiger partial charge >= 0.3 is 0 Å². The Morgan fingerprint density at radius 3 is 2.20 bits per heavy atom. The van der Waals surface area contributed by atoms with E-state index in [4.69, 9.17) is 19.9 Å². The zero-order valence-electron chi connectivity index (χ0n) is 15.6. The molecule has 0 saturated heterocycles. The number of hydrogen-bond donors (Lipinski definition) is 1. The Hall–Kier alpha value is -2.20. The van der Waals surface area contributed by atoms with E-state index in [0.717, 1.165) is 23.7 Å². The Morgan fingerprint density at radius 1 is 0.920 bits per heavy atom. The molecular formula is C21H29NO3. The van der Waals surface area contributed by atoms with Gasteiger partial charge in [0.05, 0.1) is 20.8 Å². The van der Waals surface area contributed by atoms with Gasteiger partial charge in [-0.1, -0.05) is 32.0 Å². The maximum Gasteiger partial charge on any atom is 0.161 e. The van der Waals surface area contributed by atoms with Crippen molar-refractivity contribution in [3.05, 3.63) is 53.6 Å². The Morgan fingerprint density at radius 2 is 1.64 bits per heavy atom. The largest absolute Gasteiger partial charge is 0.497 e. The molecule has 2 aromatic carbocycles. The van der Waals surface area contributed by atoms with Crippen molar-refractivity contribution in [1.29, 1.82) is 0 Å². The van der Waals surface area contributed by atoms with Gasteiger partial charge < -0.3 is 19.9 Å². The monoisotopic (exact) mass is 343 g/mol. The fraction of sp³-hybridized carbons (Fsp3) is 0.429. The van der Waals surface area contributed by atoms with Crippen molar-refractivity contribution in [2.24, 2.45) is 11.7 Å². The van der Waals surface area contributed by atoms with Gasteiger partial charge in [-0.3, -0.25) is 0 Å². The van der Waals surface area contributed by atoms with Gasteiger partial charge in [0.15, 0.2) is 11.5 Å². The molecule has 0 aromatic heterocycles. The molecular weight excluding hydrogens is 314 g/mol. The van der Waals surface area contributed by atoms with Crippen LogP contribution in [0.4, 0.5) is 0 Å². The second-order valence-electron chi connectivity index (χ2n) is 6.60. The molecule has 4 heteroatoms. The lowest BCUT2D eigenvalue weighted by Crippen LogP contribution is -2.15. The van der Waals surface area contributed by atoms with Crippen molar-refractivity contribution in [2.75, 3.05) is 27.4 Å². The van der Waals surface area contributed by atoms with E-state index in [1.807, 2.05) is 24.3 Å². The number of ether oxygens (including phenoxy) is 3. The average molecular weight is 343 g/mol. The van der Waals surface area contributed by atoms with Gasteiger partial charge in [-0.25, -0.2) is 0 Å². The highest BCUT2D eigenvalue weighted by atomic mass is 16.5. The van der Waals surface area contributed by atoms with E-state index in [9.17, 15) is 0 Å². The standard InChI is InChI=1S/C21H29NO3/c1-15(2)14-25-20-10-5-16(12-21(20)24-4)11-18(13-22)17-6-8-19(23-3)9-7-17/h5-10,12,15,18H,11,13-14,22H2,1-4H3. The first-order valence-electron chi connectivity index (χ1n) is 8.71. The van der Waals surface area contributed by atoms with Gasteiger partial charge in [0.1, 0.15) is 5.75 Å². The third kappa shape index (κ3) is 5.40. The van der Waals surface area contributed by atoms with Crippen LogP contribution >= 0.6 is 0 Å². The van der Waals surface area contributed by atoms with E-state index in [1.54, 1.807) is 14.2 Å². The van der Waals surface area contributed by atoms with Crippen molar-refractivity contribution in [1.82, 2.24) is 0 Å². The van der Waals surface area contributed by atoms with E-state index < -0.39 is 0 Å². The lowest BCUT2D eigenvalue weighted by molar-refractivity contribution is 0.256. The molecule has 0 amide bonds. The molecule has 1 unspecified atom stereocenters. The van der Waals surface area contributed by atoms with Crippen LogP contribution in [-0.2, 0) is 6.42 Å². The Labute approximate surface area is 150 Å². The summed E-state index contributed by atoms with van der Waals surface area (Å²) >= 11 is 0. The maximum atomic E-state index is 6.02. The minimum Gasteiger partial charge on any atom is -0.497 e. The number of hydrogen-bond acceptors (Lipinski definition) is 4. The molecule has 0 saturated carbocycles. The van der Waals surface area contributed by atoms with Crippen LogP contribution in [-0.4, -0.2) is 27.4 Å². The molecule has 0 radical (unpaired) electrons. The van der Waals surface area contributed by atoms with E-state index in [2.05, 4.69) is 32.0 Å². The molecule has 0 aliphatic carbocycles. The van der Waals surface area contributed by atoms with Crippen LogP contribution in [0.3, 0.4) is 0 Å². The summed E-state index contributed by atoms with van der Waals surface area (Å²) in [7, 11) is 3.34. The molecule has 0 bridgehead atoms. The van der Waals surface area contributed by atoms with Crippen LogP contribution in [0.1, 0.15) is 30.9 Å². The molecule has 4 nitrogen and oxygen atoms in total. The lowest BCUT2D eigenvalue weighted by Gasteiger charge is -2.18. The molecule has 2 rings (SSSR count). The quantitative estimate of drug-likeness (QED) is 0.747. The van der Waals surface area contributed by atoms with E-state index >= 15 is 0 Å². The highest BCUT2D eigenvalue weighted by Gasteiger charge is 2.13. The third-order valence-corrected chi connectivity index (χ3v) is 4.15. The Bertz CT molecular complexity index is 653. The molecule has 0 aliphatic heterocycles. The highest BCUT2D eigenvalue weighted by molar-refractivity contribution is 5.43. The Kier molecular flexibility index (Phi) is 7.14. The average Bonchev–Trinajstić information content (AvgIpc) is 2.64. The molecule has 25 heavy (non-hydrogen) atoms. The second-order valence-corrected chi connectivity index (χ2v) is 6.60. The summed E-state index contributed by atoms with van der Waals surface area (Å²) < 4.78 is 16.5. The molecule has 2 aromatic rings. The summed E-state index contributed by atoms with van der Waals surface area (Å²) in [5.74, 6) is 3.13. The topological polar surface area (TPSA) is 53.7 Å². The van der Waals surface area contributed by atoms with Gasteiger partial charge in [-0.2, -0.15) is 0 Å². The number of rotatable bonds is 9. The van der Waals surface area contributed by atoms with Gasteiger partial charge in [-0.15, -0.1) is 0 Å². The first-order chi connectivity index (χ1) is 12.1. The van der Waals surface area contributed by atoms with Crippen LogP contribution in [0.25, 0.3) is 0 Å². The van der Waals surface area contributed by atoms with Crippen molar-refractivity contribution in [2.45, 2.75) is 26.2 Å². The molecule has 2 N–H and O–H groups in total. The van der Waals surface area contributed by atoms with Crippen molar-refractivity contribution >= 4 is 0 Å². The summed E-state index contributed by atoms with van der Waals surface area (Å²) in [6, 6.07) is 14.2. The van der Waals surface area contributed by atoms with E-state index in [0.29, 0.717) is 19.1 Å². The first kappa shape index (κ1) is 19.1. The normalized spacial score (nSPS) is 12.1. The molecule has 136 valence electrons. The maximum absolute atomic E-state index is 6.02. The number of nitrogens with two attached hydrogens (primary N) is 1. The minimum absolute atomic E-state index is 0.248. The van der Waals surface area contributed by atoms with Crippen molar-refractivity contribution in [3.8, 4) is 17.2 Å². The zero-order chi connectivity index (χ0) is 18.2. The van der Waals surface area contributed by atoms with Crippen LogP contribution < -0.4 is 19.9 Å². The van der Waals surface area contributed by atoms with Crippen LogP contribution in [0.2, 0.25) is 0 Å². The summed E-state index contributed by atoms with van der Waals surface area (Å²) in [5, 5.41) is 0. The number of benzene rings is 2. The number of methoxy groups -OCH3 is 2. The summed E-state index contributed by atoms with van der Waals surface area (Å²) in [4.78, 5) is 0. The fourth-order valence-electron chi connectivity index (χ4n) is 2.71. The predicted molar refractivity (Wildman–Crippen MR) is 102 cm³/mol. The van der Waals surface area contributed by atoms with Crippen molar-refractivity contribution < 1.29 is 14.2 Å². The SMILES string of the molecule is COc1ccc(C(CN)Cc2ccc(OCC(C)C)c(OC)c2)cc1.